The van der Waals surface area contributed by atoms with Crippen LogP contribution in [0, 0.1) is 0 Å². The molecule has 4 N–H and O–H groups in total. The zero-order chi connectivity index (χ0) is 15.0. The Kier molecular flexibility index (Phi) is 3.96. The maximum atomic E-state index is 11.9. The van der Waals surface area contributed by atoms with Crippen LogP contribution in [0.25, 0.3) is 0 Å². The Balaban J connectivity index is 2.42. The first-order valence-electron chi connectivity index (χ1n) is 6.07. The van der Waals surface area contributed by atoms with Gasteiger partial charge in [0.1, 0.15) is 0 Å². The van der Waals surface area contributed by atoms with Gasteiger partial charge in [0.05, 0.1) is 0 Å². The van der Waals surface area contributed by atoms with Crippen molar-refractivity contribution >= 4 is 23.1 Å². The van der Waals surface area contributed by atoms with E-state index in [1.165, 1.54) is 7.05 Å². The van der Waals surface area contributed by atoms with Gasteiger partial charge < -0.3 is 0 Å². The normalized spacial score (nSPS) is 27.4. The zero-order valence-electron chi connectivity index (χ0n) is 11.0. The monoisotopic (exact) mass is 297 g/mol. The van der Waals surface area contributed by atoms with Gasteiger partial charge in [-0.1, -0.05) is 0 Å². The summed E-state index contributed by atoms with van der Waals surface area (Å²) >= 11 is 0. The van der Waals surface area contributed by atoms with Crippen LogP contribution in [0.3, 0.4) is 0 Å². The van der Waals surface area contributed by atoms with E-state index in [1.807, 2.05) is 0 Å². The molecule has 108 valence electrons. The van der Waals surface area contributed by atoms with Crippen LogP contribution in [0.5, 0.6) is 0 Å². The number of rotatable bonds is 4. The van der Waals surface area contributed by atoms with Gasteiger partial charge in [-0.15, -0.1) is 0 Å². The molecule has 7 nitrogen and oxygen atoms in total. The van der Waals surface area contributed by atoms with E-state index in [9.17, 15) is 18.3 Å². The van der Waals surface area contributed by atoms with Gasteiger partial charge >= 0.3 is 117 Å². The Morgan fingerprint density at radius 2 is 2.35 bits per heavy atom. The first-order valence-corrected chi connectivity index (χ1v) is 7.51. The van der Waals surface area contributed by atoms with Gasteiger partial charge in [-0.05, 0) is 0 Å². The van der Waals surface area contributed by atoms with Crippen molar-refractivity contribution in [2.45, 2.75) is 11.5 Å². The van der Waals surface area contributed by atoms with Crippen LogP contribution in [0.15, 0.2) is 24.1 Å². The second kappa shape index (κ2) is 5.25. The van der Waals surface area contributed by atoms with Crippen molar-refractivity contribution in [3.05, 3.63) is 29.6 Å². The number of nitrogens with zero attached hydrogens (tertiary/aromatic N) is 1. The molecule has 1 saturated heterocycles. The van der Waals surface area contributed by atoms with Crippen molar-refractivity contribution in [1.29, 1.82) is 0 Å². The Morgan fingerprint density at radius 1 is 1.65 bits per heavy atom. The van der Waals surface area contributed by atoms with Crippen molar-refractivity contribution < 1.29 is 18.3 Å². The molecule has 9 heteroatoms. The van der Waals surface area contributed by atoms with Gasteiger partial charge in [-0.2, -0.15) is 0 Å². The molecule has 1 aromatic rings. The molecule has 0 bridgehead atoms. The molecular weight excluding hydrogens is 281 g/mol. The molecule has 1 aliphatic heterocycles. The molecule has 0 aliphatic carbocycles. The van der Waals surface area contributed by atoms with Crippen LogP contribution >= 0.6 is 0 Å². The Hall–Kier alpha value is -1.29. The summed E-state index contributed by atoms with van der Waals surface area (Å²) in [6, 6.07) is 3.53. The molecule has 0 saturated carbocycles. The molecule has 1 aliphatic rings. The first-order chi connectivity index (χ1) is 9.31. The third-order valence-corrected chi connectivity index (χ3v) is 5.12. The zero-order valence-corrected chi connectivity index (χ0v) is 11.8. The average molecular weight is 297 g/mol. The molecule has 20 heavy (non-hydrogen) atoms. The minimum atomic E-state index is -3.70. The van der Waals surface area contributed by atoms with Crippen LogP contribution in [-0.4, -0.2) is 56.4 Å². The average Bonchev–Trinajstić information content (AvgIpc) is 2.80. The molecule has 2 rings (SSSR count). The van der Waals surface area contributed by atoms with Gasteiger partial charge in [0.25, 0.3) is 0 Å². The molecule has 1 fully saturated rings. The summed E-state index contributed by atoms with van der Waals surface area (Å²) in [6.45, 7) is 1.55. The fraction of sp³-hybridized carbons (Fsp3) is 0.455. The molecule has 2 unspecified atom stereocenters. The molecule has 0 radical (unpaired) electrons. The van der Waals surface area contributed by atoms with E-state index in [1.54, 1.807) is 31.0 Å². The van der Waals surface area contributed by atoms with E-state index in [2.05, 4.69) is 4.72 Å². The van der Waals surface area contributed by atoms with E-state index in [4.69, 9.17) is 5.73 Å². The summed E-state index contributed by atoms with van der Waals surface area (Å²) in [6.07, 6.45) is 0. The van der Waals surface area contributed by atoms with E-state index in [0.717, 1.165) is 4.31 Å². The van der Waals surface area contributed by atoms with Crippen molar-refractivity contribution in [2.24, 2.45) is 5.73 Å². The summed E-state index contributed by atoms with van der Waals surface area (Å²) in [7, 11) is -2.42. The predicted molar refractivity (Wildman–Crippen MR) is 74.6 cm³/mol. The second-order valence-electron chi connectivity index (χ2n) is 4.81. The second-order valence-corrected chi connectivity index (χ2v) is 6.69. The van der Waals surface area contributed by atoms with Crippen molar-refractivity contribution in [3.63, 3.8) is 0 Å². The molecule has 0 aromatic carbocycles. The van der Waals surface area contributed by atoms with Gasteiger partial charge in [0.2, 0.25) is 0 Å². The number of carbonyl (C=O) groups is 1. The summed E-state index contributed by atoms with van der Waals surface area (Å²) < 4.78 is 27.0. The third-order valence-electron chi connectivity index (χ3n) is 3.64. The fourth-order valence-corrected chi connectivity index (χ4v) is 3.44. The number of nitrogens with two attached hydrogens (primary N) is 1. The third kappa shape index (κ3) is 2.49. The Morgan fingerprint density at radius 3 is 2.85 bits per heavy atom. The van der Waals surface area contributed by atoms with E-state index in [-0.39, 0.29) is 13.1 Å². The van der Waals surface area contributed by atoms with Crippen LogP contribution in [0.2, 0.25) is 0 Å². The molecular formula is C11H16BN3O4S. The quantitative estimate of drug-likeness (QED) is 0.637. The summed E-state index contributed by atoms with van der Waals surface area (Å²) in [5.41, 5.74) is 5.07. The van der Waals surface area contributed by atoms with Crippen molar-refractivity contribution in [3.8, 4) is 0 Å². The summed E-state index contributed by atoms with van der Waals surface area (Å²) in [4.78, 5) is 11.5. The van der Waals surface area contributed by atoms with Gasteiger partial charge in [-0.25, -0.2) is 0 Å². The molecule has 0 amide bonds. The topological polar surface area (TPSA) is 113 Å². The van der Waals surface area contributed by atoms with Gasteiger partial charge in [0, 0.05) is 0 Å². The van der Waals surface area contributed by atoms with Crippen LogP contribution in [-0.2, 0) is 15.0 Å². The summed E-state index contributed by atoms with van der Waals surface area (Å²) in [5.74, 6) is 1.76. The first kappa shape index (κ1) is 15.1. The van der Waals surface area contributed by atoms with Gasteiger partial charge in [0.15, 0.2) is 0 Å². The molecule has 1 aromatic heterocycles. The van der Waals surface area contributed by atoms with E-state index >= 15 is 0 Å². The van der Waals surface area contributed by atoms with Crippen molar-refractivity contribution in [1.82, 2.24) is 9.03 Å². The minimum absolute atomic E-state index is 0.0377. The van der Waals surface area contributed by atoms with Crippen LogP contribution in [0.4, 0.5) is 0 Å². The van der Waals surface area contributed by atoms with Crippen molar-refractivity contribution in [2.75, 3.05) is 20.1 Å². The van der Waals surface area contributed by atoms with Crippen LogP contribution < -0.4 is 10.5 Å². The molecule has 2 atom stereocenters. The summed E-state index contributed by atoms with van der Waals surface area (Å²) in [5, 5.41) is 9.39. The van der Waals surface area contributed by atoms with E-state index < -0.39 is 27.6 Å². The van der Waals surface area contributed by atoms with Crippen LogP contribution in [0.1, 0.15) is 11.5 Å². The Labute approximate surface area is 118 Å². The van der Waals surface area contributed by atoms with E-state index in [0.29, 0.717) is 5.56 Å². The molecule has 0 spiro atoms. The maximum absolute atomic E-state index is 11.9. The SMILES string of the molecule is CNS(=O)(=O)N1CC(c2cbccc2)C(N)(C(=O)O)C1. The standard InChI is InChI=1S/C11H16BN3O4S/c1-14-20(18,19)15-6-9(8-3-2-4-12-5-8)11(13,7-15)10(16)17/h2-5,9,14H,6-7,13H2,1H3,(H,16,17). The predicted octanol–water partition coefficient (Wildman–Crippen LogP) is -1.33. The molecule has 2 heterocycles. The van der Waals surface area contributed by atoms with Gasteiger partial charge in [-0.3, -0.25) is 0 Å². The number of aliphatic carboxylic acids is 1. The Bertz CT molecular complexity index is 609. The number of hydrogen-bond donors (Lipinski definition) is 3. The number of hydrogen-bond acceptors (Lipinski definition) is 4. The fourth-order valence-electron chi connectivity index (χ4n) is 2.45. The number of nitrogens with one attached hydrogen (secondary N) is 1. The number of carboxylic acids is 1. The number of carboxylic acid groups (broad SMARTS) is 1.